The molecule has 0 aliphatic heterocycles. The fraction of sp³-hybridized carbons (Fsp3) is 0.455. The van der Waals surface area contributed by atoms with E-state index < -0.39 is 0 Å². The van der Waals surface area contributed by atoms with Gasteiger partial charge in [0.15, 0.2) is 5.78 Å². The van der Waals surface area contributed by atoms with Crippen LogP contribution in [0.25, 0.3) is 0 Å². The highest BCUT2D eigenvalue weighted by Gasteiger charge is 2.24. The van der Waals surface area contributed by atoms with Crippen LogP contribution in [0, 0.1) is 0 Å². The van der Waals surface area contributed by atoms with E-state index in [0.29, 0.717) is 6.42 Å². The van der Waals surface area contributed by atoms with Crippen LogP contribution < -0.4 is 5.32 Å². The van der Waals surface area contributed by atoms with E-state index in [1.165, 1.54) is 18.3 Å². The number of thiophene rings is 1. The van der Waals surface area contributed by atoms with E-state index in [0.717, 1.165) is 23.3 Å². The molecule has 1 atom stereocenters. The molecule has 1 aliphatic carbocycles. The number of carbonyl (C=O) groups excluding carboxylic acids is 2. The third-order valence-electron chi connectivity index (χ3n) is 2.60. The molecule has 0 saturated carbocycles. The molecule has 0 aromatic carbocycles. The van der Waals surface area contributed by atoms with E-state index in [4.69, 9.17) is 0 Å². The lowest BCUT2D eigenvalue weighted by molar-refractivity contribution is -0.119. The molecule has 4 heteroatoms. The van der Waals surface area contributed by atoms with Crippen molar-refractivity contribution >= 4 is 23.0 Å². The quantitative estimate of drug-likeness (QED) is 0.742. The number of amides is 1. The number of ketones is 1. The van der Waals surface area contributed by atoms with Crippen LogP contribution in [0.2, 0.25) is 0 Å². The van der Waals surface area contributed by atoms with Crippen molar-refractivity contribution < 1.29 is 9.59 Å². The number of Topliss-reactive ketones (excluding diaryl/α,β-unsaturated/α-hetero) is 1. The van der Waals surface area contributed by atoms with Crippen molar-refractivity contribution in [3.8, 4) is 0 Å². The maximum absolute atomic E-state index is 11.7. The first-order valence-electron chi connectivity index (χ1n) is 5.06. The minimum absolute atomic E-state index is 0.0233. The van der Waals surface area contributed by atoms with Crippen LogP contribution in [-0.2, 0) is 4.79 Å². The van der Waals surface area contributed by atoms with Crippen molar-refractivity contribution in [3.63, 3.8) is 0 Å². The number of hydrogen-bond acceptors (Lipinski definition) is 3. The molecule has 1 unspecified atom stereocenters. The number of fused-ring (bicyclic) bond motifs is 1. The summed E-state index contributed by atoms with van der Waals surface area (Å²) < 4.78 is 0. The largest absolute Gasteiger partial charge is 0.349 e. The van der Waals surface area contributed by atoms with E-state index >= 15 is 0 Å². The van der Waals surface area contributed by atoms with Crippen LogP contribution in [0.3, 0.4) is 0 Å². The first-order chi connectivity index (χ1) is 7.18. The Kier molecular flexibility index (Phi) is 2.86. The second kappa shape index (κ2) is 4.14. The van der Waals surface area contributed by atoms with Gasteiger partial charge in [-0.3, -0.25) is 9.59 Å². The molecule has 1 heterocycles. The van der Waals surface area contributed by atoms with Crippen LogP contribution in [0.4, 0.5) is 0 Å². The normalized spacial score (nSPS) is 20.6. The number of hydrogen-bond donors (Lipinski definition) is 1. The lowest BCUT2D eigenvalue weighted by Crippen LogP contribution is -2.25. The molecule has 1 aromatic rings. The molecule has 15 heavy (non-hydrogen) atoms. The zero-order valence-electron chi connectivity index (χ0n) is 8.58. The molecule has 80 valence electrons. The topological polar surface area (TPSA) is 46.2 Å². The molecular formula is C11H13NO2S. The van der Waals surface area contributed by atoms with Crippen molar-refractivity contribution in [2.24, 2.45) is 0 Å². The smallest absolute Gasteiger partial charge is 0.217 e. The lowest BCUT2D eigenvalue weighted by atomic mass is 10.1. The molecule has 0 radical (unpaired) electrons. The summed E-state index contributed by atoms with van der Waals surface area (Å²) in [4.78, 5) is 23.6. The Hall–Kier alpha value is -1.16. The van der Waals surface area contributed by atoms with E-state index in [-0.39, 0.29) is 17.7 Å². The summed E-state index contributed by atoms with van der Waals surface area (Å²) in [5.41, 5.74) is 0.998. The highest BCUT2D eigenvalue weighted by Crippen LogP contribution is 2.31. The highest BCUT2D eigenvalue weighted by molar-refractivity contribution is 7.12. The van der Waals surface area contributed by atoms with Gasteiger partial charge in [-0.05, 0) is 29.9 Å². The summed E-state index contributed by atoms with van der Waals surface area (Å²) in [6, 6.07) is 1.97. The highest BCUT2D eigenvalue weighted by atomic mass is 32.1. The van der Waals surface area contributed by atoms with Gasteiger partial charge >= 0.3 is 0 Å². The molecule has 1 N–H and O–H groups in total. The Bertz CT molecular complexity index is 397. The van der Waals surface area contributed by atoms with Crippen LogP contribution in [0.1, 0.15) is 47.5 Å². The van der Waals surface area contributed by atoms with Gasteiger partial charge in [0.2, 0.25) is 5.91 Å². The zero-order valence-corrected chi connectivity index (χ0v) is 9.39. The number of carbonyl (C=O) groups is 2. The van der Waals surface area contributed by atoms with Gasteiger partial charge in [0.1, 0.15) is 0 Å². The third-order valence-corrected chi connectivity index (χ3v) is 3.57. The van der Waals surface area contributed by atoms with Crippen molar-refractivity contribution in [2.45, 2.75) is 32.2 Å². The van der Waals surface area contributed by atoms with Crippen molar-refractivity contribution in [3.05, 3.63) is 21.9 Å². The second-order valence-electron chi connectivity index (χ2n) is 3.77. The van der Waals surface area contributed by atoms with Gasteiger partial charge < -0.3 is 5.32 Å². The lowest BCUT2D eigenvalue weighted by Gasteiger charge is -2.15. The molecule has 0 bridgehead atoms. The summed E-state index contributed by atoms with van der Waals surface area (Å²) in [6.45, 7) is 1.51. The Labute approximate surface area is 92.5 Å². The SMILES string of the molecule is CC(=O)NC1CCCC(=O)c2sccc21. The Morgan fingerprint density at radius 2 is 2.40 bits per heavy atom. The molecule has 1 amide bonds. The second-order valence-corrected chi connectivity index (χ2v) is 4.69. The maximum Gasteiger partial charge on any atom is 0.217 e. The molecule has 1 aromatic heterocycles. The van der Waals surface area contributed by atoms with Gasteiger partial charge in [-0.25, -0.2) is 0 Å². The molecular weight excluding hydrogens is 210 g/mol. The predicted octanol–water partition coefficient (Wildman–Crippen LogP) is 2.29. The van der Waals surface area contributed by atoms with Crippen molar-refractivity contribution in [1.29, 1.82) is 0 Å². The summed E-state index contributed by atoms with van der Waals surface area (Å²) in [5, 5.41) is 4.82. The molecule has 0 fully saturated rings. The maximum atomic E-state index is 11.7. The van der Waals surface area contributed by atoms with Gasteiger partial charge in [0, 0.05) is 13.3 Å². The van der Waals surface area contributed by atoms with Crippen LogP contribution in [-0.4, -0.2) is 11.7 Å². The number of rotatable bonds is 1. The number of nitrogens with one attached hydrogen (secondary N) is 1. The standard InChI is InChI=1S/C11H13NO2S/c1-7(13)12-9-3-2-4-10(14)11-8(9)5-6-15-11/h5-6,9H,2-4H2,1H3,(H,12,13). The van der Waals surface area contributed by atoms with E-state index in [2.05, 4.69) is 5.32 Å². The monoisotopic (exact) mass is 223 g/mol. The van der Waals surface area contributed by atoms with Crippen LogP contribution in [0.5, 0.6) is 0 Å². The van der Waals surface area contributed by atoms with E-state index in [9.17, 15) is 9.59 Å². The van der Waals surface area contributed by atoms with Gasteiger partial charge in [0.25, 0.3) is 0 Å². The first kappa shape index (κ1) is 10.4. The fourth-order valence-electron chi connectivity index (χ4n) is 1.95. The summed E-state index contributed by atoms with van der Waals surface area (Å²) in [7, 11) is 0. The van der Waals surface area contributed by atoms with E-state index in [1.54, 1.807) is 0 Å². The Balaban J connectivity index is 2.31. The minimum Gasteiger partial charge on any atom is -0.349 e. The predicted molar refractivity (Wildman–Crippen MR) is 59.1 cm³/mol. The summed E-state index contributed by atoms with van der Waals surface area (Å²) >= 11 is 1.48. The van der Waals surface area contributed by atoms with Gasteiger partial charge in [0.05, 0.1) is 10.9 Å². The van der Waals surface area contributed by atoms with Crippen LogP contribution in [0.15, 0.2) is 11.4 Å². The minimum atomic E-state index is -0.0356. The molecule has 1 aliphatic rings. The molecule has 0 spiro atoms. The third kappa shape index (κ3) is 2.09. The van der Waals surface area contributed by atoms with Gasteiger partial charge in [-0.15, -0.1) is 11.3 Å². The average Bonchev–Trinajstić information content (AvgIpc) is 2.59. The first-order valence-corrected chi connectivity index (χ1v) is 5.94. The molecule has 3 nitrogen and oxygen atoms in total. The summed E-state index contributed by atoms with van der Waals surface area (Å²) in [5.74, 6) is 0.180. The van der Waals surface area contributed by atoms with Gasteiger partial charge in [-0.2, -0.15) is 0 Å². The van der Waals surface area contributed by atoms with Gasteiger partial charge in [-0.1, -0.05) is 0 Å². The zero-order chi connectivity index (χ0) is 10.8. The fourth-order valence-corrected chi connectivity index (χ4v) is 2.88. The Morgan fingerprint density at radius 1 is 1.60 bits per heavy atom. The van der Waals surface area contributed by atoms with E-state index in [1.807, 2.05) is 11.4 Å². The van der Waals surface area contributed by atoms with Crippen molar-refractivity contribution in [1.82, 2.24) is 5.32 Å². The van der Waals surface area contributed by atoms with Crippen LogP contribution >= 0.6 is 11.3 Å². The molecule has 2 rings (SSSR count). The molecule has 0 saturated heterocycles. The average molecular weight is 223 g/mol. The summed E-state index contributed by atoms with van der Waals surface area (Å²) in [6.07, 6.45) is 2.31. The van der Waals surface area contributed by atoms with Crippen molar-refractivity contribution in [2.75, 3.05) is 0 Å². The Morgan fingerprint density at radius 3 is 3.13 bits per heavy atom.